The molecular weight excluding hydrogens is 1480 g/mol. The van der Waals surface area contributed by atoms with E-state index in [4.69, 9.17) is 17.2 Å². The lowest BCUT2D eigenvalue weighted by Gasteiger charge is -2.36. The van der Waals surface area contributed by atoms with Gasteiger partial charge in [0.25, 0.3) is 0 Å². The Balaban J connectivity index is 2.24. The number of aromatic nitrogens is 1. The molecule has 638 valence electrons. The van der Waals surface area contributed by atoms with Crippen LogP contribution >= 0.6 is 0 Å². The molecule has 0 radical (unpaired) electrons. The Morgan fingerprint density at radius 2 is 0.675 bits per heavy atom. The van der Waals surface area contributed by atoms with Crippen LogP contribution in [0, 0.1) is 17.8 Å². The molecule has 0 aliphatic rings. The maximum absolute atomic E-state index is 14.2. The first kappa shape index (κ1) is 99.3. The number of H-pyrrole nitrogens is 1. The maximum Gasteiger partial charge on any atom is 0.246 e. The molecule has 23 N–H and O–H groups in total. The molecule has 0 saturated carbocycles. The predicted molar refractivity (Wildman–Crippen MR) is 420 cm³/mol. The number of aliphatic hydroxyl groups excluding tert-OH is 1. The monoisotopic (exact) mass is 1610 g/mol. The lowest BCUT2D eigenvalue weighted by atomic mass is 9.95. The fourth-order valence-corrected chi connectivity index (χ4v) is 11.3. The fraction of sp³-hybridized carbons (Fsp3) is 0.658. The second-order valence-corrected chi connectivity index (χ2v) is 33.3. The van der Waals surface area contributed by atoms with Crippen LogP contribution in [0.1, 0.15) is 209 Å². The van der Waals surface area contributed by atoms with Gasteiger partial charge in [0.15, 0.2) is 0 Å². The number of fused-ring (bicyclic) bond motifs is 1. The summed E-state index contributed by atoms with van der Waals surface area (Å²) in [7, 11) is 0. The number of hydrogen-bond acceptors (Lipinski definition) is 19. The van der Waals surface area contributed by atoms with Gasteiger partial charge in [0.2, 0.25) is 106 Å². The molecule has 1 aromatic heterocycles. The first-order valence-electron chi connectivity index (χ1n) is 37.9. The van der Waals surface area contributed by atoms with E-state index in [1.54, 1.807) is 33.9 Å². The van der Waals surface area contributed by atoms with Crippen LogP contribution < -0.4 is 97.0 Å². The molecule has 0 aliphatic carbocycles. The van der Waals surface area contributed by atoms with E-state index in [9.17, 15) is 91.4 Å². The lowest BCUT2D eigenvalue weighted by molar-refractivity contribution is -0.141. The molecule has 0 spiro atoms. The summed E-state index contributed by atoms with van der Waals surface area (Å²) in [5, 5.41) is 49.0. The molecule has 0 saturated heterocycles. The Morgan fingerprint density at radius 1 is 0.360 bits per heavy atom. The van der Waals surface area contributed by atoms with Crippen molar-refractivity contribution in [3.63, 3.8) is 0 Å². The van der Waals surface area contributed by atoms with Gasteiger partial charge in [0, 0.05) is 49.7 Å². The number of nitrogens with two attached hydrogens (primary N) is 3. The van der Waals surface area contributed by atoms with Crippen molar-refractivity contribution in [2.24, 2.45) is 35.0 Å². The van der Waals surface area contributed by atoms with Gasteiger partial charge in [-0.2, -0.15) is 0 Å². The Bertz CT molecular complexity index is 3840. The molecule has 0 bridgehead atoms. The molecule has 38 heteroatoms. The number of primary amides is 3. The Kier molecular flexibility index (Phi) is 37.3. The molecule has 38 nitrogen and oxygen atoms in total. The average Bonchev–Trinajstić information content (AvgIpc) is 1.18. The van der Waals surface area contributed by atoms with Crippen molar-refractivity contribution >= 4 is 117 Å². The van der Waals surface area contributed by atoms with E-state index in [0.29, 0.717) is 6.42 Å². The molecule has 1 aromatic carbocycles. The molecular formula is C76H125N19O19. The summed E-state index contributed by atoms with van der Waals surface area (Å²) in [6, 6.07) is -4.21. The number of aromatic amines is 1. The summed E-state index contributed by atoms with van der Waals surface area (Å²) in [5.41, 5.74) is 6.58. The first-order chi connectivity index (χ1) is 52.3. The van der Waals surface area contributed by atoms with E-state index in [-0.39, 0.29) is 49.9 Å². The van der Waals surface area contributed by atoms with E-state index in [0.717, 1.165) is 16.5 Å². The van der Waals surface area contributed by atoms with E-state index in [2.05, 4.69) is 84.7 Å². The third kappa shape index (κ3) is 32.7. The molecule has 0 aliphatic heterocycles. The van der Waals surface area contributed by atoms with Gasteiger partial charge in [-0.05, 0) is 165 Å². The van der Waals surface area contributed by atoms with E-state index in [1.807, 2.05) is 38.1 Å². The zero-order chi connectivity index (χ0) is 87.7. The van der Waals surface area contributed by atoms with Gasteiger partial charge < -0.3 is 107 Å². The summed E-state index contributed by atoms with van der Waals surface area (Å²) in [6.45, 7) is 29.6. The number of rotatable bonds is 47. The molecule has 18 amide bonds. The quantitative estimate of drug-likeness (QED) is 0.0324. The van der Waals surface area contributed by atoms with Crippen molar-refractivity contribution in [2.45, 2.75) is 297 Å². The Hall–Kier alpha value is -10.8. The van der Waals surface area contributed by atoms with Crippen molar-refractivity contribution in [2.75, 3.05) is 6.61 Å². The Labute approximate surface area is 665 Å². The topological polar surface area (TPSA) is 602 Å². The van der Waals surface area contributed by atoms with Crippen molar-refractivity contribution in [1.82, 2.24) is 84.7 Å². The fourth-order valence-electron chi connectivity index (χ4n) is 11.3. The number of nitrogens with one attached hydrogen (secondary N) is 16. The SMILES string of the molecule is CC(=O)N[C@@H](Cc1c[nH]c2ccccc12)C(=O)N[C@@H](C)C(=O)N[C@@H](C)C(=O)NC(C)(C)C(=O)N[C@@H](CC(C)C)C(=O)NC(C)(C)C(=O)N[C@@H](CCC(N)=O)C(=O)NC(C)(C)C(=O)NC(C)(C)C(=O)NC(C)(C)C(=O)N[C@@H](CCC(N)=O)C(=O)N[C@@H](CC(C)C)C(=O)NC(C)(C)C(=O)N[C@@H](CCC(N)=O)C(=O)N[C@H](CO)CC(C)C. The zero-order valence-electron chi connectivity index (χ0n) is 69.6. The van der Waals surface area contributed by atoms with Crippen LogP contribution in [0.2, 0.25) is 0 Å². The number of carbonyl (C=O) groups excluding carboxylic acids is 18. The number of amides is 18. The van der Waals surface area contributed by atoms with Crippen LogP contribution in [0.15, 0.2) is 30.5 Å². The highest BCUT2D eigenvalue weighted by atomic mass is 16.3. The van der Waals surface area contributed by atoms with Gasteiger partial charge in [-0.1, -0.05) is 59.7 Å². The normalized spacial score (nSPS) is 14.4. The summed E-state index contributed by atoms with van der Waals surface area (Å²) >= 11 is 0. The molecule has 114 heavy (non-hydrogen) atoms. The van der Waals surface area contributed by atoms with Crippen LogP contribution in [0.5, 0.6) is 0 Å². The molecule has 0 unspecified atom stereocenters. The van der Waals surface area contributed by atoms with Gasteiger partial charge in [-0.3, -0.25) is 86.3 Å². The zero-order valence-corrected chi connectivity index (χ0v) is 69.6. The number of hydrogen-bond donors (Lipinski definition) is 20. The van der Waals surface area contributed by atoms with Gasteiger partial charge >= 0.3 is 0 Å². The van der Waals surface area contributed by atoms with Crippen LogP contribution in [-0.2, 0) is 92.7 Å². The summed E-state index contributed by atoms with van der Waals surface area (Å²) < 4.78 is 0. The van der Waals surface area contributed by atoms with Gasteiger partial charge in [-0.25, -0.2) is 0 Å². The first-order valence-corrected chi connectivity index (χ1v) is 37.9. The third-order valence-electron chi connectivity index (χ3n) is 18.2. The summed E-state index contributed by atoms with van der Waals surface area (Å²) in [6.07, 6.45) is -0.189. The molecule has 0 fully saturated rings. The van der Waals surface area contributed by atoms with Crippen LogP contribution in [0.3, 0.4) is 0 Å². The van der Waals surface area contributed by atoms with Crippen LogP contribution in [-0.4, -0.2) is 211 Å². The standard InChI is InChI=1S/C76H125N19O19/c1-38(2)32-45(37-96)84-59(103)48(26-29-54(77)98)86-65(109)72(12,13)92-63(107)51(33-39(3)4)85-60(104)49(27-30-55(78)99)87-68(112)74(16,17)94-70(114)76(20,21)95-69(113)75(18,19)91-62(106)50(28-31-56(79)100)88-66(110)73(14,15)93-64(108)52(34-40(5)6)89-67(111)71(10,11)90-58(102)42(8)81-57(101)41(7)82-61(105)53(83-43(9)97)35-44-36-80-47-25-23-22-24-46(44)47/h22-25,36,38-42,45,48-53,80,96H,26-35,37H2,1-21H3,(H2,77,98)(H2,78,99)(H2,79,100)(H,81,101)(H,82,105)(H,83,97)(H,84,103)(H,85,104)(H,86,109)(H,87,112)(H,88,110)(H,89,111)(H,90,102)(H,91,106)(H,92,107)(H,93,108)(H,94,114)(H,95,113)/t41-,42-,45-,48-,49-,50-,51-,52-,53-/m0/s1. The Morgan fingerprint density at radius 3 is 1.07 bits per heavy atom. The second kappa shape index (κ2) is 42.9. The number of aliphatic hydroxyl groups is 1. The molecule has 2 rings (SSSR count). The van der Waals surface area contributed by atoms with Gasteiger partial charge in [-0.15, -0.1) is 0 Å². The average molecular weight is 1610 g/mol. The second-order valence-electron chi connectivity index (χ2n) is 33.3. The van der Waals surface area contributed by atoms with E-state index in [1.165, 1.54) is 104 Å². The van der Waals surface area contributed by atoms with E-state index >= 15 is 0 Å². The number of para-hydroxylation sites is 1. The van der Waals surface area contributed by atoms with Gasteiger partial charge in [0.1, 0.15) is 81.6 Å². The maximum atomic E-state index is 14.2. The van der Waals surface area contributed by atoms with Crippen molar-refractivity contribution in [3.8, 4) is 0 Å². The molecule has 2 aromatic rings. The highest BCUT2D eigenvalue weighted by Gasteiger charge is 2.45. The summed E-state index contributed by atoms with van der Waals surface area (Å²) in [5.74, 6) is -16.1. The summed E-state index contributed by atoms with van der Waals surface area (Å²) in [4.78, 5) is 246. The van der Waals surface area contributed by atoms with Crippen molar-refractivity contribution in [3.05, 3.63) is 36.0 Å². The highest BCUT2D eigenvalue weighted by Crippen LogP contribution is 2.22. The largest absolute Gasteiger partial charge is 0.394 e. The minimum Gasteiger partial charge on any atom is -0.394 e. The smallest absolute Gasteiger partial charge is 0.246 e. The predicted octanol–water partition coefficient (Wildman–Crippen LogP) is -2.57. The lowest BCUT2D eigenvalue weighted by Crippen LogP contribution is -2.68. The van der Waals surface area contributed by atoms with E-state index < -0.39 is 226 Å². The highest BCUT2D eigenvalue weighted by molar-refractivity contribution is 6.03. The minimum absolute atomic E-state index is 0.00557. The van der Waals surface area contributed by atoms with Crippen LogP contribution in [0.4, 0.5) is 0 Å². The third-order valence-corrected chi connectivity index (χ3v) is 18.2. The minimum atomic E-state index is -1.94. The number of benzene rings is 1. The molecule has 1 heterocycles. The van der Waals surface area contributed by atoms with Gasteiger partial charge in [0.05, 0.1) is 12.6 Å². The van der Waals surface area contributed by atoms with Crippen molar-refractivity contribution in [1.29, 1.82) is 0 Å². The van der Waals surface area contributed by atoms with Crippen molar-refractivity contribution < 1.29 is 91.4 Å². The molecule has 9 atom stereocenters. The van der Waals surface area contributed by atoms with Crippen LogP contribution in [0.25, 0.3) is 10.9 Å². The number of carbonyl (C=O) groups is 18.